The quantitative estimate of drug-likeness (QED) is 0.207. The van der Waals surface area contributed by atoms with Crippen molar-refractivity contribution in [1.29, 1.82) is 0 Å². The van der Waals surface area contributed by atoms with E-state index in [1.807, 2.05) is 36.4 Å². The molecule has 0 spiro atoms. The summed E-state index contributed by atoms with van der Waals surface area (Å²) in [5, 5.41) is 6.59. The molecule has 0 bridgehead atoms. The second kappa shape index (κ2) is 12.2. The van der Waals surface area contributed by atoms with E-state index in [4.69, 9.17) is 9.47 Å². The maximum Gasteiger partial charge on any atom is 0.249 e. The van der Waals surface area contributed by atoms with Gasteiger partial charge in [-0.25, -0.2) is 5.43 Å². The van der Waals surface area contributed by atoms with Gasteiger partial charge in [0.2, 0.25) is 11.8 Å². The smallest absolute Gasteiger partial charge is 0.249 e. The van der Waals surface area contributed by atoms with E-state index in [-0.39, 0.29) is 6.42 Å². The number of nitrogens with zero attached hydrogens (tertiary/aromatic N) is 1. The third kappa shape index (κ3) is 7.44. The summed E-state index contributed by atoms with van der Waals surface area (Å²) in [5.41, 5.74) is 4.64. The Morgan fingerprint density at radius 2 is 1.70 bits per heavy atom. The summed E-state index contributed by atoms with van der Waals surface area (Å²) in [5.74, 6) is 0.0933. The molecule has 0 fully saturated rings. The van der Waals surface area contributed by atoms with Crippen LogP contribution in [-0.4, -0.2) is 25.1 Å². The van der Waals surface area contributed by atoms with Crippen LogP contribution in [0, 0.1) is 0 Å². The highest BCUT2D eigenvalue weighted by atomic mass is 79.9. The van der Waals surface area contributed by atoms with Crippen LogP contribution in [0.1, 0.15) is 17.5 Å². The van der Waals surface area contributed by atoms with Crippen LogP contribution in [0.25, 0.3) is 0 Å². The summed E-state index contributed by atoms with van der Waals surface area (Å²) >= 11 is 6.83. The van der Waals surface area contributed by atoms with E-state index in [0.717, 1.165) is 10.0 Å². The van der Waals surface area contributed by atoms with Crippen LogP contribution in [0.4, 0.5) is 5.69 Å². The molecule has 170 valence electrons. The van der Waals surface area contributed by atoms with Crippen LogP contribution in [0.5, 0.6) is 11.5 Å². The molecule has 3 rings (SSSR count). The number of para-hydroxylation sites is 1. The molecule has 3 aromatic carbocycles. The Balaban J connectivity index is 1.56. The number of ether oxygens (including phenoxy) is 2. The van der Waals surface area contributed by atoms with Gasteiger partial charge in [0.05, 0.1) is 23.5 Å². The van der Waals surface area contributed by atoms with Crippen LogP contribution in [0.2, 0.25) is 0 Å². The van der Waals surface area contributed by atoms with Gasteiger partial charge in [0.15, 0.2) is 11.5 Å². The van der Waals surface area contributed by atoms with Gasteiger partial charge in [-0.15, -0.1) is 0 Å². The summed E-state index contributed by atoms with van der Waals surface area (Å²) in [7, 11) is 1.55. The maximum absolute atomic E-state index is 12.1. The number of hydrazone groups is 1. The van der Waals surface area contributed by atoms with E-state index in [9.17, 15) is 9.59 Å². The van der Waals surface area contributed by atoms with Gasteiger partial charge in [0, 0.05) is 4.47 Å². The first-order valence-corrected chi connectivity index (χ1v) is 11.5. The highest BCUT2D eigenvalue weighted by molar-refractivity contribution is 9.11. The number of hydrogen-bond donors (Lipinski definition) is 2. The number of anilines is 1. The van der Waals surface area contributed by atoms with Crippen LogP contribution in [0.15, 0.2) is 80.8 Å². The Kier molecular flexibility index (Phi) is 9.03. The minimum absolute atomic E-state index is 0.363. The van der Waals surface area contributed by atoms with Gasteiger partial charge in [-0.2, -0.15) is 5.10 Å². The van der Waals surface area contributed by atoms with Crippen molar-refractivity contribution in [3.05, 3.63) is 86.8 Å². The van der Waals surface area contributed by atoms with Crippen molar-refractivity contribution in [2.45, 2.75) is 13.0 Å². The molecule has 0 aliphatic rings. The summed E-state index contributed by atoms with van der Waals surface area (Å²) in [6.45, 7) is 0.390. The lowest BCUT2D eigenvalue weighted by Gasteiger charge is -2.13. The van der Waals surface area contributed by atoms with Crippen molar-refractivity contribution in [2.24, 2.45) is 5.10 Å². The van der Waals surface area contributed by atoms with Gasteiger partial charge < -0.3 is 14.8 Å². The van der Waals surface area contributed by atoms with Crippen LogP contribution >= 0.6 is 31.9 Å². The topological polar surface area (TPSA) is 89.0 Å². The van der Waals surface area contributed by atoms with Crippen LogP contribution in [0.3, 0.4) is 0 Å². The Morgan fingerprint density at radius 1 is 0.970 bits per heavy atom. The number of methoxy groups -OCH3 is 1. The molecule has 2 N–H and O–H groups in total. The normalized spacial score (nSPS) is 10.6. The highest BCUT2D eigenvalue weighted by Crippen LogP contribution is 2.36. The molecule has 3 aromatic rings. The summed E-state index contributed by atoms with van der Waals surface area (Å²) in [4.78, 5) is 24.1. The molecule has 0 saturated carbocycles. The Morgan fingerprint density at radius 3 is 2.42 bits per heavy atom. The SMILES string of the molecule is COc1cc(C=NNC(=O)CC(=O)Nc2ccccc2Br)cc(Br)c1OCc1ccccc1. The van der Waals surface area contributed by atoms with Crippen molar-refractivity contribution in [2.75, 3.05) is 12.4 Å². The zero-order valence-electron chi connectivity index (χ0n) is 17.7. The molecular weight excluding hydrogens is 554 g/mol. The average Bonchev–Trinajstić information content (AvgIpc) is 2.80. The molecule has 7 nitrogen and oxygen atoms in total. The van der Waals surface area contributed by atoms with Gasteiger partial charge in [0.1, 0.15) is 13.0 Å². The molecule has 9 heteroatoms. The Hall–Kier alpha value is -3.17. The summed E-state index contributed by atoms with van der Waals surface area (Å²) in [6, 6.07) is 20.5. The molecular formula is C24H21Br2N3O4. The first-order chi connectivity index (χ1) is 16.0. The largest absolute Gasteiger partial charge is 0.493 e. The fourth-order valence-corrected chi connectivity index (χ4v) is 3.76. The molecule has 0 unspecified atom stereocenters. The van der Waals surface area contributed by atoms with Crippen molar-refractivity contribution in [1.82, 2.24) is 5.43 Å². The van der Waals surface area contributed by atoms with E-state index in [0.29, 0.717) is 33.8 Å². The van der Waals surface area contributed by atoms with Gasteiger partial charge >= 0.3 is 0 Å². The Bertz CT molecular complexity index is 1150. The maximum atomic E-state index is 12.1. The standard InChI is InChI=1S/C24H21Br2N3O4/c1-32-21-12-17(11-19(26)24(21)33-15-16-7-3-2-4-8-16)14-27-29-23(31)13-22(30)28-20-10-6-5-9-18(20)25/h2-12,14H,13,15H2,1H3,(H,28,30)(H,29,31). The zero-order valence-corrected chi connectivity index (χ0v) is 20.9. The lowest BCUT2D eigenvalue weighted by atomic mass is 10.2. The lowest BCUT2D eigenvalue weighted by Crippen LogP contribution is -2.24. The fourth-order valence-electron chi connectivity index (χ4n) is 2.81. The van der Waals surface area contributed by atoms with Gasteiger partial charge in [-0.1, -0.05) is 42.5 Å². The van der Waals surface area contributed by atoms with E-state index in [1.54, 1.807) is 37.4 Å². The van der Waals surface area contributed by atoms with E-state index < -0.39 is 11.8 Å². The zero-order chi connectivity index (χ0) is 23.6. The predicted octanol–water partition coefficient (Wildman–Crippen LogP) is 5.28. The van der Waals surface area contributed by atoms with Crippen LogP contribution < -0.4 is 20.2 Å². The third-order valence-corrected chi connectivity index (χ3v) is 5.63. The van der Waals surface area contributed by atoms with Crippen LogP contribution in [-0.2, 0) is 16.2 Å². The number of amides is 2. The number of nitrogens with one attached hydrogen (secondary N) is 2. The van der Waals surface area contributed by atoms with E-state index in [1.165, 1.54) is 6.21 Å². The average molecular weight is 575 g/mol. The second-order valence-corrected chi connectivity index (χ2v) is 8.52. The minimum atomic E-state index is -0.537. The first-order valence-electron chi connectivity index (χ1n) is 9.87. The molecule has 0 aliphatic carbocycles. The van der Waals surface area contributed by atoms with E-state index in [2.05, 4.69) is 47.7 Å². The fraction of sp³-hybridized carbons (Fsp3) is 0.125. The Labute approximate surface area is 208 Å². The lowest BCUT2D eigenvalue weighted by molar-refractivity contribution is -0.126. The first kappa shape index (κ1) is 24.5. The number of halogens is 2. The number of benzene rings is 3. The van der Waals surface area contributed by atoms with Crippen molar-refractivity contribution < 1.29 is 19.1 Å². The minimum Gasteiger partial charge on any atom is -0.493 e. The molecule has 0 saturated heterocycles. The van der Waals surface area contributed by atoms with Gasteiger partial charge in [-0.05, 0) is 67.3 Å². The predicted molar refractivity (Wildman–Crippen MR) is 135 cm³/mol. The molecule has 0 atom stereocenters. The third-order valence-electron chi connectivity index (χ3n) is 4.35. The monoisotopic (exact) mass is 573 g/mol. The van der Waals surface area contributed by atoms with Crippen molar-refractivity contribution >= 4 is 55.6 Å². The van der Waals surface area contributed by atoms with E-state index >= 15 is 0 Å². The highest BCUT2D eigenvalue weighted by Gasteiger charge is 2.13. The number of rotatable bonds is 9. The van der Waals surface area contributed by atoms with Gasteiger partial charge in [0.25, 0.3) is 0 Å². The number of hydrogen-bond acceptors (Lipinski definition) is 5. The summed E-state index contributed by atoms with van der Waals surface area (Å²) in [6.07, 6.45) is 1.09. The number of carbonyl (C=O) groups excluding carboxylic acids is 2. The van der Waals surface area contributed by atoms with Gasteiger partial charge in [-0.3, -0.25) is 9.59 Å². The summed E-state index contributed by atoms with van der Waals surface area (Å²) < 4.78 is 12.8. The molecule has 2 amide bonds. The second-order valence-electron chi connectivity index (χ2n) is 6.81. The molecule has 0 radical (unpaired) electrons. The number of carbonyl (C=O) groups is 2. The van der Waals surface area contributed by atoms with Crippen molar-refractivity contribution in [3.8, 4) is 11.5 Å². The molecule has 33 heavy (non-hydrogen) atoms. The molecule has 0 aliphatic heterocycles. The molecule has 0 heterocycles. The van der Waals surface area contributed by atoms with Crippen molar-refractivity contribution in [3.63, 3.8) is 0 Å². The molecule has 0 aromatic heterocycles.